The zero-order valence-corrected chi connectivity index (χ0v) is 18.2. The molecule has 2 amide bonds. The molecular formula is C22H19ClFN3O4S. The predicted octanol–water partition coefficient (Wildman–Crippen LogP) is 3.41. The number of primary amides is 1. The van der Waals surface area contributed by atoms with Crippen molar-refractivity contribution in [2.75, 3.05) is 11.9 Å². The van der Waals surface area contributed by atoms with E-state index < -0.39 is 34.2 Å². The van der Waals surface area contributed by atoms with Crippen LogP contribution in [-0.2, 0) is 21.4 Å². The van der Waals surface area contributed by atoms with Gasteiger partial charge < -0.3 is 11.1 Å². The fourth-order valence-corrected chi connectivity index (χ4v) is 4.38. The van der Waals surface area contributed by atoms with Gasteiger partial charge in [0, 0.05) is 28.4 Å². The first-order chi connectivity index (χ1) is 15.2. The van der Waals surface area contributed by atoms with Crippen molar-refractivity contribution in [2.24, 2.45) is 5.73 Å². The third-order valence-electron chi connectivity index (χ3n) is 4.53. The van der Waals surface area contributed by atoms with Crippen LogP contribution in [0.4, 0.5) is 10.1 Å². The lowest BCUT2D eigenvalue weighted by molar-refractivity contribution is -0.116. The van der Waals surface area contributed by atoms with Crippen molar-refractivity contribution in [3.8, 4) is 0 Å². The lowest BCUT2D eigenvalue weighted by atomic mass is 10.2. The van der Waals surface area contributed by atoms with Crippen molar-refractivity contribution in [3.63, 3.8) is 0 Å². The van der Waals surface area contributed by atoms with Crippen molar-refractivity contribution in [1.29, 1.82) is 0 Å². The van der Waals surface area contributed by atoms with Crippen LogP contribution in [0.1, 0.15) is 15.9 Å². The fraction of sp³-hybridized carbons (Fsp3) is 0.0909. The number of hydrogen-bond acceptors (Lipinski definition) is 4. The summed E-state index contributed by atoms with van der Waals surface area (Å²) >= 11 is 5.85. The molecule has 3 rings (SSSR count). The van der Waals surface area contributed by atoms with Crippen LogP contribution in [0.5, 0.6) is 0 Å². The number of nitrogens with two attached hydrogens (primary N) is 1. The van der Waals surface area contributed by atoms with Crippen LogP contribution >= 0.6 is 11.6 Å². The first-order valence-electron chi connectivity index (χ1n) is 9.35. The van der Waals surface area contributed by atoms with Crippen LogP contribution in [-0.4, -0.2) is 31.1 Å². The molecule has 0 heterocycles. The average molecular weight is 476 g/mol. The summed E-state index contributed by atoms with van der Waals surface area (Å²) in [6.45, 7) is -0.928. The van der Waals surface area contributed by atoms with Gasteiger partial charge in [0.25, 0.3) is 0 Å². The third-order valence-corrected chi connectivity index (χ3v) is 6.59. The summed E-state index contributed by atoms with van der Waals surface area (Å²) in [5.74, 6) is -1.86. The Morgan fingerprint density at radius 2 is 1.59 bits per heavy atom. The first-order valence-corrected chi connectivity index (χ1v) is 11.2. The quantitative estimate of drug-likeness (QED) is 0.520. The monoisotopic (exact) mass is 475 g/mol. The first kappa shape index (κ1) is 23.4. The smallest absolute Gasteiger partial charge is 0.248 e. The molecule has 0 aliphatic heterocycles. The van der Waals surface area contributed by atoms with E-state index in [-0.39, 0.29) is 22.6 Å². The molecule has 0 aliphatic carbocycles. The number of sulfonamides is 1. The minimum Gasteiger partial charge on any atom is -0.366 e. The second kappa shape index (κ2) is 9.90. The van der Waals surface area contributed by atoms with Gasteiger partial charge in [-0.25, -0.2) is 12.8 Å². The zero-order chi connectivity index (χ0) is 23.3. The number of anilines is 1. The largest absolute Gasteiger partial charge is 0.366 e. The number of carbonyl (C=O) groups is 2. The van der Waals surface area contributed by atoms with Gasteiger partial charge in [-0.3, -0.25) is 9.59 Å². The van der Waals surface area contributed by atoms with Crippen molar-refractivity contribution in [2.45, 2.75) is 11.4 Å². The number of halogens is 2. The standard InChI is InChI=1S/C22H19ClFN3O4S/c23-17-7-11-19(12-8-17)32(30,31)27(13-16-3-1-2-4-20(16)24)14-21(28)26-18-9-5-15(6-10-18)22(25)29/h1-12H,13-14H2,(H2,25,29)(H,26,28). The van der Waals surface area contributed by atoms with Crippen LogP contribution in [0.2, 0.25) is 5.02 Å². The van der Waals surface area contributed by atoms with E-state index in [1.165, 1.54) is 66.7 Å². The summed E-state index contributed by atoms with van der Waals surface area (Å²) in [7, 11) is -4.15. The van der Waals surface area contributed by atoms with Gasteiger partial charge >= 0.3 is 0 Å². The van der Waals surface area contributed by atoms with Crippen LogP contribution < -0.4 is 11.1 Å². The number of amides is 2. The lowest BCUT2D eigenvalue weighted by Gasteiger charge is -2.22. The summed E-state index contributed by atoms with van der Waals surface area (Å²) in [4.78, 5) is 23.7. The highest BCUT2D eigenvalue weighted by atomic mass is 35.5. The van der Waals surface area contributed by atoms with E-state index in [9.17, 15) is 22.4 Å². The molecule has 0 unspecified atom stereocenters. The van der Waals surface area contributed by atoms with Crippen molar-refractivity contribution >= 4 is 39.1 Å². The number of rotatable bonds is 8. The maximum absolute atomic E-state index is 14.2. The topological polar surface area (TPSA) is 110 Å². The van der Waals surface area contributed by atoms with E-state index in [2.05, 4.69) is 5.32 Å². The molecule has 3 N–H and O–H groups in total. The molecule has 3 aromatic carbocycles. The second-order valence-corrected chi connectivity index (χ2v) is 9.18. The molecule has 0 atom stereocenters. The minimum absolute atomic E-state index is 0.0862. The Morgan fingerprint density at radius 1 is 0.969 bits per heavy atom. The SMILES string of the molecule is NC(=O)c1ccc(NC(=O)CN(Cc2ccccc2F)S(=O)(=O)c2ccc(Cl)cc2)cc1. The van der Waals surface area contributed by atoms with Gasteiger partial charge in [-0.05, 0) is 54.6 Å². The molecule has 166 valence electrons. The van der Waals surface area contributed by atoms with Gasteiger partial charge in [-0.2, -0.15) is 4.31 Å². The average Bonchev–Trinajstić information content (AvgIpc) is 2.75. The van der Waals surface area contributed by atoms with E-state index in [1.54, 1.807) is 6.07 Å². The third kappa shape index (κ3) is 5.70. The molecule has 10 heteroatoms. The highest BCUT2D eigenvalue weighted by Crippen LogP contribution is 2.22. The molecule has 0 bridgehead atoms. The van der Waals surface area contributed by atoms with Crippen molar-refractivity contribution in [1.82, 2.24) is 4.31 Å². The van der Waals surface area contributed by atoms with Gasteiger partial charge in [0.1, 0.15) is 5.82 Å². The highest BCUT2D eigenvalue weighted by Gasteiger charge is 2.28. The van der Waals surface area contributed by atoms with Crippen LogP contribution in [0.15, 0.2) is 77.7 Å². The van der Waals surface area contributed by atoms with Crippen LogP contribution in [0.3, 0.4) is 0 Å². The van der Waals surface area contributed by atoms with Crippen LogP contribution in [0, 0.1) is 5.82 Å². The Balaban J connectivity index is 1.86. The molecule has 0 aromatic heterocycles. The Labute approximate surface area is 189 Å². The number of carbonyl (C=O) groups excluding carboxylic acids is 2. The molecule has 0 aliphatic rings. The molecule has 0 radical (unpaired) electrons. The lowest BCUT2D eigenvalue weighted by Crippen LogP contribution is -2.37. The van der Waals surface area contributed by atoms with Gasteiger partial charge in [0.15, 0.2) is 0 Å². The molecule has 3 aromatic rings. The van der Waals surface area contributed by atoms with Crippen LogP contribution in [0.25, 0.3) is 0 Å². The molecule has 32 heavy (non-hydrogen) atoms. The summed E-state index contributed by atoms with van der Waals surface area (Å²) in [6, 6.07) is 17.0. The molecule has 7 nitrogen and oxygen atoms in total. The van der Waals surface area contributed by atoms with E-state index in [0.717, 1.165) is 4.31 Å². The molecule has 0 saturated heterocycles. The molecule has 0 spiro atoms. The van der Waals surface area contributed by atoms with E-state index in [1.807, 2.05) is 0 Å². The van der Waals surface area contributed by atoms with Crippen molar-refractivity contribution < 1.29 is 22.4 Å². The van der Waals surface area contributed by atoms with Gasteiger partial charge in [0.05, 0.1) is 11.4 Å². The normalized spacial score (nSPS) is 11.3. The van der Waals surface area contributed by atoms with E-state index in [0.29, 0.717) is 10.7 Å². The Kier molecular flexibility index (Phi) is 7.24. The molecule has 0 saturated carbocycles. The Hall–Kier alpha value is -3.27. The maximum Gasteiger partial charge on any atom is 0.248 e. The summed E-state index contributed by atoms with van der Waals surface area (Å²) in [5, 5.41) is 2.91. The summed E-state index contributed by atoms with van der Waals surface area (Å²) < 4.78 is 41.5. The predicted molar refractivity (Wildman–Crippen MR) is 119 cm³/mol. The number of nitrogens with one attached hydrogen (secondary N) is 1. The maximum atomic E-state index is 14.2. The Bertz CT molecular complexity index is 1230. The zero-order valence-electron chi connectivity index (χ0n) is 16.7. The van der Waals surface area contributed by atoms with Gasteiger partial charge in [-0.15, -0.1) is 0 Å². The summed E-state index contributed by atoms with van der Waals surface area (Å²) in [5.41, 5.74) is 5.91. The number of hydrogen-bond donors (Lipinski definition) is 2. The van der Waals surface area contributed by atoms with Gasteiger partial charge in [-0.1, -0.05) is 29.8 Å². The second-order valence-electron chi connectivity index (χ2n) is 6.81. The van der Waals surface area contributed by atoms with E-state index >= 15 is 0 Å². The minimum atomic E-state index is -4.15. The number of benzene rings is 3. The van der Waals surface area contributed by atoms with E-state index in [4.69, 9.17) is 17.3 Å². The molecule has 0 fully saturated rings. The highest BCUT2D eigenvalue weighted by molar-refractivity contribution is 7.89. The summed E-state index contributed by atoms with van der Waals surface area (Å²) in [6.07, 6.45) is 0. The fourth-order valence-electron chi connectivity index (χ4n) is 2.88. The molecular weight excluding hydrogens is 457 g/mol. The van der Waals surface area contributed by atoms with Crippen molar-refractivity contribution in [3.05, 3.63) is 94.8 Å². The Morgan fingerprint density at radius 3 is 2.19 bits per heavy atom. The number of nitrogens with zero attached hydrogens (tertiary/aromatic N) is 1. The van der Waals surface area contributed by atoms with Gasteiger partial charge in [0.2, 0.25) is 21.8 Å².